The van der Waals surface area contributed by atoms with E-state index in [1.807, 2.05) is 27.7 Å². The third-order valence-electron chi connectivity index (χ3n) is 6.34. The third-order valence-corrected chi connectivity index (χ3v) is 6.34. The average Bonchev–Trinajstić information content (AvgIpc) is 2.72. The Morgan fingerprint density at radius 3 is 2.52 bits per heavy atom. The molecule has 5 atom stereocenters. The molecule has 3 aliphatic carbocycles. The molecule has 3 saturated carbocycles. The number of hydrogen-bond donors (Lipinski definition) is 0. The molecule has 4 rings (SSSR count). The Bertz CT molecular complexity index is 498. The molecule has 4 fully saturated rings. The van der Waals surface area contributed by atoms with Gasteiger partial charge in [0.1, 0.15) is 5.60 Å². The standard InChI is InChI=1S/C18H31BO4/c1-11(8-15(20)21-16(2,3)4)19-22-14-10-12-9-13(17(12,5)6)18(14,7)23-19/h11-14H,8-10H2,1-7H3/t11-,12?,13?,14-,18+/m0/s1. The van der Waals surface area contributed by atoms with E-state index in [0.717, 1.165) is 12.3 Å². The highest BCUT2D eigenvalue weighted by molar-refractivity contribution is 6.47. The summed E-state index contributed by atoms with van der Waals surface area (Å²) in [5.74, 6) is 1.13. The van der Waals surface area contributed by atoms with Crippen molar-refractivity contribution < 1.29 is 18.8 Å². The van der Waals surface area contributed by atoms with E-state index in [4.69, 9.17) is 14.0 Å². The van der Waals surface area contributed by atoms with Crippen LogP contribution in [0.25, 0.3) is 0 Å². The molecule has 1 saturated heterocycles. The van der Waals surface area contributed by atoms with Crippen molar-refractivity contribution in [2.45, 2.75) is 90.9 Å². The fourth-order valence-electron chi connectivity index (χ4n) is 4.89. The minimum absolute atomic E-state index is 0.00703. The first-order valence-corrected chi connectivity index (χ1v) is 8.98. The first-order valence-electron chi connectivity index (χ1n) is 8.98. The highest BCUT2D eigenvalue weighted by atomic mass is 16.7. The zero-order valence-corrected chi connectivity index (χ0v) is 15.6. The van der Waals surface area contributed by atoms with Crippen molar-refractivity contribution in [1.82, 2.24) is 0 Å². The molecule has 0 radical (unpaired) electrons. The number of ether oxygens (including phenoxy) is 1. The Hall–Kier alpha value is -0.545. The van der Waals surface area contributed by atoms with Crippen LogP contribution in [0.1, 0.15) is 67.7 Å². The number of carbonyl (C=O) groups excluding carboxylic acids is 1. The van der Waals surface area contributed by atoms with Gasteiger partial charge in [-0.3, -0.25) is 4.79 Å². The highest BCUT2D eigenvalue weighted by Gasteiger charge is 2.68. The summed E-state index contributed by atoms with van der Waals surface area (Å²) < 4.78 is 18.1. The van der Waals surface area contributed by atoms with E-state index in [0.29, 0.717) is 17.8 Å². The summed E-state index contributed by atoms with van der Waals surface area (Å²) in [6, 6.07) is 0. The molecule has 0 aromatic rings. The molecular formula is C18H31BO4. The molecule has 0 spiro atoms. The molecule has 0 aromatic carbocycles. The zero-order chi connectivity index (χ0) is 17.2. The summed E-state index contributed by atoms with van der Waals surface area (Å²) in [5.41, 5.74) is -0.303. The van der Waals surface area contributed by atoms with E-state index in [1.165, 1.54) is 6.42 Å². The summed E-state index contributed by atoms with van der Waals surface area (Å²) in [5, 5.41) is 0. The van der Waals surface area contributed by atoms with Gasteiger partial charge in [-0.1, -0.05) is 20.8 Å². The molecule has 130 valence electrons. The van der Waals surface area contributed by atoms with Crippen molar-refractivity contribution in [3.05, 3.63) is 0 Å². The fourth-order valence-corrected chi connectivity index (χ4v) is 4.89. The van der Waals surface area contributed by atoms with Gasteiger partial charge in [0.25, 0.3) is 0 Å². The van der Waals surface area contributed by atoms with Crippen molar-refractivity contribution in [2.24, 2.45) is 17.3 Å². The van der Waals surface area contributed by atoms with Crippen LogP contribution >= 0.6 is 0 Å². The normalized spacial score (nSPS) is 39.4. The fraction of sp³-hybridized carbons (Fsp3) is 0.944. The van der Waals surface area contributed by atoms with Crippen LogP contribution < -0.4 is 0 Å². The van der Waals surface area contributed by atoms with Gasteiger partial charge < -0.3 is 14.0 Å². The molecule has 0 amide bonds. The van der Waals surface area contributed by atoms with E-state index < -0.39 is 5.60 Å². The summed E-state index contributed by atoms with van der Waals surface area (Å²) in [4.78, 5) is 12.1. The van der Waals surface area contributed by atoms with Crippen LogP contribution in [0.2, 0.25) is 5.82 Å². The van der Waals surface area contributed by atoms with E-state index in [2.05, 4.69) is 20.8 Å². The van der Waals surface area contributed by atoms with Crippen LogP contribution in [0, 0.1) is 17.3 Å². The van der Waals surface area contributed by atoms with Gasteiger partial charge >= 0.3 is 13.1 Å². The number of carbonyl (C=O) groups is 1. The third kappa shape index (κ3) is 2.84. The van der Waals surface area contributed by atoms with Crippen molar-refractivity contribution >= 4 is 13.1 Å². The molecule has 1 aliphatic heterocycles. The van der Waals surface area contributed by atoms with Crippen LogP contribution in [-0.2, 0) is 18.8 Å². The quantitative estimate of drug-likeness (QED) is 0.585. The maximum Gasteiger partial charge on any atom is 0.461 e. The van der Waals surface area contributed by atoms with E-state index in [1.54, 1.807) is 0 Å². The lowest BCUT2D eigenvalue weighted by Gasteiger charge is -2.64. The van der Waals surface area contributed by atoms with Crippen molar-refractivity contribution in [3.8, 4) is 0 Å². The van der Waals surface area contributed by atoms with Crippen molar-refractivity contribution in [3.63, 3.8) is 0 Å². The number of esters is 1. The second kappa shape index (κ2) is 5.22. The van der Waals surface area contributed by atoms with Crippen LogP contribution in [-0.4, -0.2) is 30.4 Å². The van der Waals surface area contributed by atoms with Gasteiger partial charge in [-0.25, -0.2) is 0 Å². The highest BCUT2D eigenvalue weighted by Crippen LogP contribution is 2.66. The maximum absolute atomic E-state index is 12.1. The Morgan fingerprint density at radius 2 is 1.96 bits per heavy atom. The van der Waals surface area contributed by atoms with Gasteiger partial charge in [-0.15, -0.1) is 0 Å². The van der Waals surface area contributed by atoms with Crippen molar-refractivity contribution in [1.29, 1.82) is 0 Å². The lowest BCUT2D eigenvalue weighted by Crippen LogP contribution is -2.65. The van der Waals surface area contributed by atoms with Gasteiger partial charge in [0.2, 0.25) is 0 Å². The topological polar surface area (TPSA) is 44.8 Å². The molecule has 2 unspecified atom stereocenters. The summed E-state index contributed by atoms with van der Waals surface area (Å²) in [7, 11) is -0.298. The molecule has 0 N–H and O–H groups in total. The van der Waals surface area contributed by atoms with Gasteiger partial charge in [-0.05, 0) is 57.8 Å². The predicted molar refractivity (Wildman–Crippen MR) is 90.0 cm³/mol. The molecule has 0 aromatic heterocycles. The van der Waals surface area contributed by atoms with Crippen molar-refractivity contribution in [2.75, 3.05) is 0 Å². The second-order valence-electron chi connectivity index (χ2n) is 9.60. The van der Waals surface area contributed by atoms with Crippen LogP contribution in [0.4, 0.5) is 0 Å². The lowest BCUT2D eigenvalue weighted by molar-refractivity contribution is -0.199. The smallest absolute Gasteiger partial charge is 0.460 e. The van der Waals surface area contributed by atoms with Gasteiger partial charge in [0.05, 0.1) is 11.7 Å². The molecule has 23 heavy (non-hydrogen) atoms. The van der Waals surface area contributed by atoms with Crippen LogP contribution in [0.15, 0.2) is 0 Å². The molecule has 4 aliphatic rings. The SMILES string of the molecule is C[C@@H](CC(=O)OC(C)(C)C)B1O[C@H]2CC3CC(C3(C)C)[C@@]2(C)O1. The zero-order valence-electron chi connectivity index (χ0n) is 15.6. The minimum Gasteiger partial charge on any atom is -0.460 e. The Labute approximate surface area is 140 Å². The summed E-state index contributed by atoms with van der Waals surface area (Å²) in [6.45, 7) is 14.6. The monoisotopic (exact) mass is 322 g/mol. The van der Waals surface area contributed by atoms with E-state index in [9.17, 15) is 4.79 Å². The first kappa shape index (κ1) is 17.3. The van der Waals surface area contributed by atoms with Gasteiger partial charge in [0, 0.05) is 12.2 Å². The van der Waals surface area contributed by atoms with Crippen LogP contribution in [0.3, 0.4) is 0 Å². The summed E-state index contributed by atoms with van der Waals surface area (Å²) >= 11 is 0. The number of hydrogen-bond acceptors (Lipinski definition) is 4. The molecular weight excluding hydrogens is 291 g/mol. The largest absolute Gasteiger partial charge is 0.461 e. The van der Waals surface area contributed by atoms with E-state index >= 15 is 0 Å². The Morgan fingerprint density at radius 1 is 1.30 bits per heavy atom. The average molecular weight is 322 g/mol. The maximum atomic E-state index is 12.1. The Balaban J connectivity index is 1.62. The molecule has 5 heteroatoms. The molecule has 1 heterocycles. The van der Waals surface area contributed by atoms with Gasteiger partial charge in [-0.2, -0.15) is 0 Å². The van der Waals surface area contributed by atoms with Crippen LogP contribution in [0.5, 0.6) is 0 Å². The number of rotatable bonds is 3. The first-order chi connectivity index (χ1) is 10.4. The molecule has 2 bridgehead atoms. The lowest BCUT2D eigenvalue weighted by atomic mass is 9.43. The summed E-state index contributed by atoms with van der Waals surface area (Å²) in [6.07, 6.45) is 2.83. The second-order valence-corrected chi connectivity index (χ2v) is 9.60. The minimum atomic E-state index is -0.445. The van der Waals surface area contributed by atoms with Gasteiger partial charge in [0.15, 0.2) is 0 Å². The predicted octanol–water partition coefficient (Wildman–Crippen LogP) is 3.84. The van der Waals surface area contributed by atoms with E-state index in [-0.39, 0.29) is 30.6 Å². The Kier molecular flexibility index (Phi) is 3.93. The molecule has 4 nitrogen and oxygen atoms in total.